The summed E-state index contributed by atoms with van der Waals surface area (Å²) in [6.45, 7) is 2.38. The number of nitrogens with zero attached hydrogens (tertiary/aromatic N) is 1. The van der Waals surface area contributed by atoms with Crippen molar-refractivity contribution in [2.45, 2.75) is 44.0 Å². The van der Waals surface area contributed by atoms with Gasteiger partial charge >= 0.3 is 0 Å². The van der Waals surface area contributed by atoms with Crippen LogP contribution in [0.4, 0.5) is 5.69 Å². The largest absolute Gasteiger partial charge is 0.380 e. The molecule has 0 spiro atoms. The Labute approximate surface area is 141 Å². The van der Waals surface area contributed by atoms with Crippen LogP contribution in [0.1, 0.15) is 31.4 Å². The fraction of sp³-hybridized carbons (Fsp3) is 0.647. The fourth-order valence-electron chi connectivity index (χ4n) is 3.70. The summed E-state index contributed by atoms with van der Waals surface area (Å²) in [5, 5.41) is 6.53. The van der Waals surface area contributed by atoms with Gasteiger partial charge in [-0.05, 0) is 50.7 Å². The van der Waals surface area contributed by atoms with Crippen LogP contribution in [0, 0.1) is 18.8 Å². The van der Waals surface area contributed by atoms with Crippen molar-refractivity contribution in [3.8, 4) is 0 Å². The van der Waals surface area contributed by atoms with E-state index in [0.717, 1.165) is 31.4 Å². The maximum atomic E-state index is 12.3. The first-order chi connectivity index (χ1) is 11.0. The molecule has 6 heteroatoms. The van der Waals surface area contributed by atoms with E-state index in [-0.39, 0.29) is 28.8 Å². The Morgan fingerprint density at radius 2 is 2.09 bits per heavy atom. The Morgan fingerprint density at radius 3 is 2.87 bits per heavy atom. The normalized spacial score (nSPS) is 30.5. The van der Waals surface area contributed by atoms with Crippen LogP contribution >= 0.6 is 11.6 Å². The highest BCUT2D eigenvalue weighted by molar-refractivity contribution is 6.20. The topological polar surface area (TPSA) is 63.1 Å². The number of rotatable bonds is 3. The number of piperidine rings is 1. The molecule has 2 fully saturated rings. The van der Waals surface area contributed by atoms with Crippen molar-refractivity contribution in [2.24, 2.45) is 18.9 Å². The lowest BCUT2D eigenvalue weighted by molar-refractivity contribution is -0.129. The number of carbonyl (C=O) groups is 1. The van der Waals surface area contributed by atoms with Crippen LogP contribution in [0.15, 0.2) is 16.9 Å². The highest BCUT2D eigenvalue weighted by atomic mass is 35.5. The first kappa shape index (κ1) is 16.4. The molecule has 4 unspecified atom stereocenters. The van der Waals surface area contributed by atoms with Crippen molar-refractivity contribution in [3.05, 3.63) is 28.2 Å². The number of fused-ring (bicyclic) bond motifs is 1. The summed E-state index contributed by atoms with van der Waals surface area (Å²) in [6, 6.07) is 3.97. The highest BCUT2D eigenvalue weighted by Crippen LogP contribution is 2.35. The van der Waals surface area contributed by atoms with Crippen molar-refractivity contribution in [2.75, 3.05) is 11.9 Å². The van der Waals surface area contributed by atoms with E-state index in [1.807, 2.05) is 13.0 Å². The summed E-state index contributed by atoms with van der Waals surface area (Å²) in [5.41, 5.74) is 1.40. The molecule has 2 heterocycles. The van der Waals surface area contributed by atoms with Crippen molar-refractivity contribution < 1.29 is 4.79 Å². The average molecular weight is 338 g/mol. The first-order valence-corrected chi connectivity index (χ1v) is 8.74. The standard InChI is InChI=1S/C17H24ClN3O2/c1-10-3-5-15(17(23)21(10)2)19-9-12-7-11-8-13(18)4-6-14(11)20-16(12)22/h3,5,11-14,19H,4,6-9H2,1-2H3,(H,20,22). The lowest BCUT2D eigenvalue weighted by Crippen LogP contribution is -2.53. The van der Waals surface area contributed by atoms with E-state index in [1.54, 1.807) is 17.7 Å². The zero-order valence-corrected chi connectivity index (χ0v) is 14.4. The molecule has 4 atom stereocenters. The monoisotopic (exact) mass is 337 g/mol. The second kappa shape index (κ2) is 6.56. The third-order valence-electron chi connectivity index (χ3n) is 5.30. The molecule has 0 bridgehead atoms. The number of anilines is 1. The molecule has 0 radical (unpaired) electrons. The summed E-state index contributed by atoms with van der Waals surface area (Å²) in [4.78, 5) is 24.5. The smallest absolute Gasteiger partial charge is 0.273 e. The minimum absolute atomic E-state index is 0.0578. The van der Waals surface area contributed by atoms with Gasteiger partial charge in [0.2, 0.25) is 5.91 Å². The number of aromatic nitrogens is 1. The van der Waals surface area contributed by atoms with Crippen LogP contribution in [0.5, 0.6) is 0 Å². The minimum Gasteiger partial charge on any atom is -0.380 e. The maximum absolute atomic E-state index is 12.3. The number of halogens is 1. The quantitative estimate of drug-likeness (QED) is 0.829. The zero-order chi connectivity index (χ0) is 16.6. The molecule has 1 aliphatic heterocycles. The van der Waals surface area contributed by atoms with Crippen LogP contribution < -0.4 is 16.2 Å². The predicted molar refractivity (Wildman–Crippen MR) is 91.9 cm³/mol. The molecule has 2 aliphatic rings. The molecule has 126 valence electrons. The summed E-state index contributed by atoms with van der Waals surface area (Å²) in [5.74, 6) is 0.441. The van der Waals surface area contributed by atoms with Gasteiger partial charge in [0.1, 0.15) is 5.69 Å². The molecule has 0 aromatic carbocycles. The van der Waals surface area contributed by atoms with E-state index in [0.29, 0.717) is 18.2 Å². The fourth-order valence-corrected chi connectivity index (χ4v) is 4.06. The molecule has 1 saturated heterocycles. The van der Waals surface area contributed by atoms with Crippen LogP contribution in [-0.4, -0.2) is 28.4 Å². The van der Waals surface area contributed by atoms with Crippen molar-refractivity contribution >= 4 is 23.2 Å². The van der Waals surface area contributed by atoms with Crippen molar-refractivity contribution in [1.29, 1.82) is 0 Å². The third-order valence-corrected chi connectivity index (χ3v) is 5.69. The molecule has 1 saturated carbocycles. The second-order valence-electron chi connectivity index (χ2n) is 6.85. The Kier molecular flexibility index (Phi) is 4.67. The molecule has 2 N–H and O–H groups in total. The van der Waals surface area contributed by atoms with E-state index in [9.17, 15) is 9.59 Å². The van der Waals surface area contributed by atoms with Gasteiger partial charge < -0.3 is 15.2 Å². The third kappa shape index (κ3) is 3.39. The van der Waals surface area contributed by atoms with E-state index >= 15 is 0 Å². The van der Waals surface area contributed by atoms with Gasteiger partial charge in [-0.3, -0.25) is 9.59 Å². The minimum atomic E-state index is -0.107. The second-order valence-corrected chi connectivity index (χ2v) is 7.47. The summed E-state index contributed by atoms with van der Waals surface area (Å²) >= 11 is 6.27. The number of amides is 1. The van der Waals surface area contributed by atoms with Crippen LogP contribution in [-0.2, 0) is 11.8 Å². The van der Waals surface area contributed by atoms with Crippen LogP contribution in [0.2, 0.25) is 0 Å². The molecule has 1 aromatic heterocycles. The zero-order valence-electron chi connectivity index (χ0n) is 13.6. The highest BCUT2D eigenvalue weighted by Gasteiger charge is 2.38. The summed E-state index contributed by atoms with van der Waals surface area (Å²) in [7, 11) is 1.75. The van der Waals surface area contributed by atoms with Gasteiger partial charge in [-0.15, -0.1) is 11.6 Å². The Hall–Kier alpha value is -1.49. The molecule has 1 aromatic rings. The first-order valence-electron chi connectivity index (χ1n) is 8.30. The number of alkyl halides is 1. The van der Waals surface area contributed by atoms with E-state index in [2.05, 4.69) is 10.6 Å². The Balaban J connectivity index is 1.65. The van der Waals surface area contributed by atoms with E-state index in [1.165, 1.54) is 0 Å². The summed E-state index contributed by atoms with van der Waals surface area (Å²) < 4.78 is 1.61. The lowest BCUT2D eigenvalue weighted by Gasteiger charge is -2.41. The molecular weight excluding hydrogens is 314 g/mol. The molecule has 5 nitrogen and oxygen atoms in total. The molecule has 23 heavy (non-hydrogen) atoms. The number of carbonyl (C=O) groups excluding carboxylic acids is 1. The predicted octanol–water partition coefficient (Wildman–Crippen LogP) is 2.02. The molecular formula is C17H24ClN3O2. The van der Waals surface area contributed by atoms with Crippen molar-refractivity contribution in [1.82, 2.24) is 9.88 Å². The number of pyridine rings is 1. The van der Waals surface area contributed by atoms with Crippen LogP contribution in [0.25, 0.3) is 0 Å². The van der Waals surface area contributed by atoms with Gasteiger partial charge in [0, 0.05) is 30.7 Å². The van der Waals surface area contributed by atoms with Gasteiger partial charge in [-0.25, -0.2) is 0 Å². The van der Waals surface area contributed by atoms with Gasteiger partial charge in [-0.2, -0.15) is 0 Å². The van der Waals surface area contributed by atoms with Gasteiger partial charge in [-0.1, -0.05) is 0 Å². The molecule has 1 amide bonds. The van der Waals surface area contributed by atoms with Crippen LogP contribution in [0.3, 0.4) is 0 Å². The number of aryl methyl sites for hydroxylation is 1. The summed E-state index contributed by atoms with van der Waals surface area (Å²) in [6.07, 6.45) is 3.77. The van der Waals surface area contributed by atoms with E-state index < -0.39 is 0 Å². The van der Waals surface area contributed by atoms with Gasteiger partial charge in [0.05, 0.1) is 5.92 Å². The van der Waals surface area contributed by atoms with Gasteiger partial charge in [0.25, 0.3) is 5.56 Å². The number of hydrogen-bond acceptors (Lipinski definition) is 3. The number of nitrogens with one attached hydrogen (secondary N) is 2. The van der Waals surface area contributed by atoms with Crippen molar-refractivity contribution in [3.63, 3.8) is 0 Å². The molecule has 1 aliphatic carbocycles. The van der Waals surface area contributed by atoms with Gasteiger partial charge in [0.15, 0.2) is 0 Å². The lowest BCUT2D eigenvalue weighted by atomic mass is 9.75. The Bertz CT molecular complexity index is 658. The van der Waals surface area contributed by atoms with E-state index in [4.69, 9.17) is 11.6 Å². The maximum Gasteiger partial charge on any atom is 0.273 e. The number of hydrogen-bond donors (Lipinski definition) is 2. The SMILES string of the molecule is Cc1ccc(NCC2CC3CC(Cl)CCC3NC2=O)c(=O)n1C. The molecule has 3 rings (SSSR count). The Morgan fingerprint density at radius 1 is 1.30 bits per heavy atom. The average Bonchev–Trinajstić information content (AvgIpc) is 2.52.